The van der Waals surface area contributed by atoms with Crippen LogP contribution in [0.3, 0.4) is 0 Å². The van der Waals surface area contributed by atoms with Gasteiger partial charge in [0.25, 0.3) is 0 Å². The third-order valence-corrected chi connectivity index (χ3v) is 5.91. The molecule has 0 aliphatic rings. The molecule has 1 rings (SSSR count). The van der Waals surface area contributed by atoms with E-state index < -0.39 is 21.9 Å². The van der Waals surface area contributed by atoms with Gasteiger partial charge in [-0.05, 0) is 39.8 Å². The lowest BCUT2D eigenvalue weighted by Gasteiger charge is -2.29. The van der Waals surface area contributed by atoms with Gasteiger partial charge in [0.1, 0.15) is 10.7 Å². The average Bonchev–Trinajstić information content (AvgIpc) is 2.45. The monoisotopic (exact) mass is 357 g/mol. The predicted octanol–water partition coefficient (Wildman–Crippen LogP) is 2.05. The van der Waals surface area contributed by atoms with E-state index in [0.29, 0.717) is 12.4 Å². The lowest BCUT2D eigenvalue weighted by atomic mass is 10.2. The van der Waals surface area contributed by atoms with Crippen molar-refractivity contribution in [2.45, 2.75) is 51.6 Å². The maximum atomic E-state index is 12.8. The molecular formula is C16H27N3O4S. The van der Waals surface area contributed by atoms with E-state index in [-0.39, 0.29) is 17.0 Å². The number of hydrogen-bond donors (Lipinski definition) is 1. The number of sulfonamides is 1. The fourth-order valence-corrected chi connectivity index (χ4v) is 4.39. The number of hydrogen-bond acceptors (Lipinski definition) is 5. The van der Waals surface area contributed by atoms with Crippen LogP contribution in [0, 0.1) is 5.92 Å². The summed E-state index contributed by atoms with van der Waals surface area (Å²) in [7, 11) is -1.89. The van der Waals surface area contributed by atoms with Gasteiger partial charge in [0, 0.05) is 31.9 Å². The first kappa shape index (κ1) is 20.4. The van der Waals surface area contributed by atoms with Crippen molar-refractivity contribution in [2.24, 2.45) is 5.92 Å². The van der Waals surface area contributed by atoms with Gasteiger partial charge in [-0.3, -0.25) is 4.79 Å². The number of nitrogens with zero attached hydrogens (tertiary/aromatic N) is 3. The van der Waals surface area contributed by atoms with Gasteiger partial charge in [-0.15, -0.1) is 0 Å². The molecule has 1 aromatic heterocycles. The standard InChI is InChI=1S/C16H27N3O4S/c1-11(2)19(12(3)4)24(22,23)14-7-8-15(17-9-14)18(6)10-13(5)16(20)21/h7-9,11-13H,10H2,1-6H3,(H,20,21). The van der Waals surface area contributed by atoms with Crippen LogP contribution < -0.4 is 4.90 Å². The van der Waals surface area contributed by atoms with E-state index in [1.165, 1.54) is 16.6 Å². The van der Waals surface area contributed by atoms with Gasteiger partial charge in [-0.25, -0.2) is 13.4 Å². The van der Waals surface area contributed by atoms with Gasteiger partial charge in [-0.1, -0.05) is 6.92 Å². The summed E-state index contributed by atoms with van der Waals surface area (Å²) >= 11 is 0. The number of rotatable bonds is 8. The van der Waals surface area contributed by atoms with Crippen LogP contribution in [0.5, 0.6) is 0 Å². The molecule has 1 heterocycles. The van der Waals surface area contributed by atoms with Crippen LogP contribution in [-0.4, -0.2) is 54.5 Å². The third kappa shape index (κ3) is 4.67. The van der Waals surface area contributed by atoms with Crippen molar-refractivity contribution in [2.75, 3.05) is 18.5 Å². The van der Waals surface area contributed by atoms with Gasteiger partial charge in [0.15, 0.2) is 0 Å². The summed E-state index contributed by atoms with van der Waals surface area (Å²) in [5.41, 5.74) is 0. The summed E-state index contributed by atoms with van der Waals surface area (Å²) in [6.45, 7) is 9.24. The van der Waals surface area contributed by atoms with Crippen molar-refractivity contribution in [1.29, 1.82) is 0 Å². The zero-order valence-corrected chi connectivity index (χ0v) is 15.9. The minimum absolute atomic E-state index is 0.133. The molecule has 0 aliphatic carbocycles. The molecule has 0 saturated heterocycles. The predicted molar refractivity (Wildman–Crippen MR) is 93.6 cm³/mol. The van der Waals surface area contributed by atoms with Crippen LogP contribution >= 0.6 is 0 Å². The lowest BCUT2D eigenvalue weighted by Crippen LogP contribution is -2.42. The Kier molecular flexibility index (Phi) is 6.74. The summed E-state index contributed by atoms with van der Waals surface area (Å²) < 4.78 is 27.0. The minimum Gasteiger partial charge on any atom is -0.481 e. The van der Waals surface area contributed by atoms with Crippen LogP contribution in [0.1, 0.15) is 34.6 Å². The lowest BCUT2D eigenvalue weighted by molar-refractivity contribution is -0.140. The molecule has 1 N–H and O–H groups in total. The van der Waals surface area contributed by atoms with Crippen LogP contribution in [0.15, 0.2) is 23.2 Å². The minimum atomic E-state index is -3.62. The summed E-state index contributed by atoms with van der Waals surface area (Å²) in [6, 6.07) is 2.79. The molecule has 1 unspecified atom stereocenters. The molecule has 24 heavy (non-hydrogen) atoms. The molecule has 0 aliphatic heterocycles. The molecule has 1 aromatic rings. The number of anilines is 1. The average molecular weight is 357 g/mol. The quantitative estimate of drug-likeness (QED) is 0.766. The van der Waals surface area contributed by atoms with Crippen LogP contribution in [-0.2, 0) is 14.8 Å². The molecule has 1 atom stereocenters. The smallest absolute Gasteiger partial charge is 0.308 e. The van der Waals surface area contributed by atoms with Crippen molar-refractivity contribution >= 4 is 21.8 Å². The van der Waals surface area contributed by atoms with Crippen molar-refractivity contribution in [3.8, 4) is 0 Å². The summed E-state index contributed by atoms with van der Waals surface area (Å²) in [5, 5.41) is 8.96. The largest absolute Gasteiger partial charge is 0.481 e. The van der Waals surface area contributed by atoms with Crippen LogP contribution in [0.4, 0.5) is 5.82 Å². The van der Waals surface area contributed by atoms with Gasteiger partial charge >= 0.3 is 5.97 Å². The molecule has 0 aromatic carbocycles. The Morgan fingerprint density at radius 3 is 2.08 bits per heavy atom. The molecule has 7 nitrogen and oxygen atoms in total. The Bertz CT molecular complexity index is 648. The van der Waals surface area contributed by atoms with Gasteiger partial charge in [0.2, 0.25) is 10.0 Å². The van der Waals surface area contributed by atoms with E-state index in [1.54, 1.807) is 24.9 Å². The summed E-state index contributed by atoms with van der Waals surface area (Å²) in [5.74, 6) is -0.897. The normalized spacial score (nSPS) is 13.5. The van der Waals surface area contributed by atoms with Gasteiger partial charge < -0.3 is 10.0 Å². The van der Waals surface area contributed by atoms with Crippen LogP contribution in [0.2, 0.25) is 0 Å². The number of carboxylic acids is 1. The van der Waals surface area contributed by atoms with E-state index in [4.69, 9.17) is 5.11 Å². The Balaban J connectivity index is 3.04. The first-order chi connectivity index (χ1) is 11.0. The summed E-state index contributed by atoms with van der Waals surface area (Å²) in [4.78, 5) is 16.9. The zero-order valence-electron chi connectivity index (χ0n) is 15.1. The fraction of sp³-hybridized carbons (Fsp3) is 0.625. The Morgan fingerprint density at radius 2 is 1.71 bits per heavy atom. The molecule has 0 spiro atoms. The molecule has 8 heteroatoms. The highest BCUT2D eigenvalue weighted by Gasteiger charge is 2.29. The number of carboxylic acid groups (broad SMARTS) is 1. The molecular weight excluding hydrogens is 330 g/mol. The van der Waals surface area contributed by atoms with E-state index in [0.717, 1.165) is 0 Å². The highest BCUT2D eigenvalue weighted by molar-refractivity contribution is 7.89. The molecule has 0 amide bonds. The Morgan fingerprint density at radius 1 is 1.17 bits per heavy atom. The fourth-order valence-electron chi connectivity index (χ4n) is 2.61. The molecule has 0 fully saturated rings. The number of aromatic nitrogens is 1. The van der Waals surface area contributed by atoms with E-state index in [2.05, 4.69) is 4.98 Å². The van der Waals surface area contributed by atoms with Crippen LogP contribution in [0.25, 0.3) is 0 Å². The molecule has 0 bridgehead atoms. The van der Waals surface area contributed by atoms with Crippen molar-refractivity contribution in [1.82, 2.24) is 9.29 Å². The molecule has 136 valence electrons. The second-order valence-electron chi connectivity index (χ2n) is 6.49. The van der Waals surface area contributed by atoms with E-state index in [1.807, 2.05) is 27.7 Å². The zero-order chi connectivity index (χ0) is 18.7. The molecule has 0 radical (unpaired) electrons. The third-order valence-electron chi connectivity index (χ3n) is 3.67. The second-order valence-corrected chi connectivity index (χ2v) is 8.34. The van der Waals surface area contributed by atoms with E-state index >= 15 is 0 Å². The first-order valence-electron chi connectivity index (χ1n) is 7.92. The number of aliphatic carboxylic acids is 1. The maximum absolute atomic E-state index is 12.8. The van der Waals surface area contributed by atoms with Crippen molar-refractivity contribution < 1.29 is 18.3 Å². The highest BCUT2D eigenvalue weighted by Crippen LogP contribution is 2.22. The van der Waals surface area contributed by atoms with Gasteiger partial charge in [0.05, 0.1) is 5.92 Å². The van der Waals surface area contributed by atoms with Gasteiger partial charge in [-0.2, -0.15) is 4.31 Å². The van der Waals surface area contributed by atoms with E-state index in [9.17, 15) is 13.2 Å². The Hall–Kier alpha value is -1.67. The second kappa shape index (κ2) is 7.94. The maximum Gasteiger partial charge on any atom is 0.308 e. The number of carbonyl (C=O) groups is 1. The Labute approximate surface area is 144 Å². The van der Waals surface area contributed by atoms with Crippen molar-refractivity contribution in [3.05, 3.63) is 18.3 Å². The highest BCUT2D eigenvalue weighted by atomic mass is 32.2. The number of pyridine rings is 1. The first-order valence-corrected chi connectivity index (χ1v) is 9.36. The SMILES string of the molecule is CC(CN(C)c1ccc(S(=O)(=O)N(C(C)C)C(C)C)cn1)C(=O)O. The molecule has 0 saturated carbocycles. The summed E-state index contributed by atoms with van der Waals surface area (Å²) in [6.07, 6.45) is 1.32. The van der Waals surface area contributed by atoms with Crippen molar-refractivity contribution in [3.63, 3.8) is 0 Å². The topological polar surface area (TPSA) is 90.8 Å².